The third-order valence-corrected chi connectivity index (χ3v) is 4.23. The molecule has 1 unspecified atom stereocenters. The van der Waals surface area contributed by atoms with Crippen molar-refractivity contribution in [1.29, 1.82) is 0 Å². The van der Waals surface area contributed by atoms with Crippen molar-refractivity contribution in [2.75, 3.05) is 19.6 Å². The van der Waals surface area contributed by atoms with E-state index in [1.807, 2.05) is 6.92 Å². The molecule has 1 atom stereocenters. The van der Waals surface area contributed by atoms with Crippen molar-refractivity contribution in [2.24, 2.45) is 11.7 Å². The van der Waals surface area contributed by atoms with Crippen LogP contribution in [0.25, 0.3) is 0 Å². The Morgan fingerprint density at radius 3 is 2.75 bits per heavy atom. The van der Waals surface area contributed by atoms with Crippen LogP contribution in [0.15, 0.2) is 17.3 Å². The van der Waals surface area contributed by atoms with E-state index < -0.39 is 10.0 Å². The van der Waals surface area contributed by atoms with E-state index in [-0.39, 0.29) is 10.9 Å². The van der Waals surface area contributed by atoms with Gasteiger partial charge >= 0.3 is 0 Å². The van der Waals surface area contributed by atoms with Crippen LogP contribution >= 0.6 is 0 Å². The molecular formula is C9H18N4O2S. The van der Waals surface area contributed by atoms with Crippen LogP contribution in [0.2, 0.25) is 0 Å². The van der Waals surface area contributed by atoms with Crippen LogP contribution in [0.5, 0.6) is 0 Å². The first kappa shape index (κ1) is 13.1. The van der Waals surface area contributed by atoms with Gasteiger partial charge in [0.05, 0.1) is 6.20 Å². The van der Waals surface area contributed by atoms with Crippen molar-refractivity contribution < 1.29 is 8.42 Å². The van der Waals surface area contributed by atoms with E-state index >= 15 is 0 Å². The molecular weight excluding hydrogens is 228 g/mol. The fraction of sp³-hybridized carbons (Fsp3) is 0.667. The monoisotopic (exact) mass is 246 g/mol. The summed E-state index contributed by atoms with van der Waals surface area (Å²) < 4.78 is 25.6. The highest BCUT2D eigenvalue weighted by Crippen LogP contribution is 2.13. The van der Waals surface area contributed by atoms with Gasteiger partial charge in [-0.15, -0.1) is 0 Å². The molecule has 0 radical (unpaired) electrons. The lowest BCUT2D eigenvalue weighted by Gasteiger charge is -2.22. The largest absolute Gasteiger partial charge is 0.330 e. The number of rotatable bonds is 6. The summed E-state index contributed by atoms with van der Waals surface area (Å²) >= 11 is 0. The van der Waals surface area contributed by atoms with Gasteiger partial charge in [0, 0.05) is 13.1 Å². The molecule has 0 bridgehead atoms. The number of hydrogen-bond acceptors (Lipinski definition) is 4. The van der Waals surface area contributed by atoms with Gasteiger partial charge in [0.1, 0.15) is 0 Å². The Kier molecular flexibility index (Phi) is 4.45. The minimum absolute atomic E-state index is 0.124. The summed E-state index contributed by atoms with van der Waals surface area (Å²) in [6, 6.07) is 1.45. The van der Waals surface area contributed by atoms with Crippen LogP contribution in [-0.2, 0) is 10.0 Å². The smallest absolute Gasteiger partial charge is 0.259 e. The molecule has 7 heteroatoms. The normalized spacial score (nSPS) is 14.2. The molecule has 0 aromatic carbocycles. The average Bonchev–Trinajstić information content (AvgIpc) is 2.78. The molecule has 6 nitrogen and oxygen atoms in total. The van der Waals surface area contributed by atoms with E-state index in [1.165, 1.54) is 16.6 Å². The van der Waals surface area contributed by atoms with E-state index in [4.69, 9.17) is 5.73 Å². The van der Waals surface area contributed by atoms with Crippen molar-refractivity contribution in [3.05, 3.63) is 12.3 Å². The molecule has 0 amide bonds. The maximum Gasteiger partial charge on any atom is 0.259 e. The molecule has 0 aliphatic carbocycles. The summed E-state index contributed by atoms with van der Waals surface area (Å²) in [5.74, 6) is 0.137. The van der Waals surface area contributed by atoms with Gasteiger partial charge < -0.3 is 5.73 Å². The van der Waals surface area contributed by atoms with Gasteiger partial charge in [-0.05, 0) is 18.5 Å². The first-order chi connectivity index (χ1) is 7.52. The maximum absolute atomic E-state index is 12.1. The van der Waals surface area contributed by atoms with E-state index in [1.54, 1.807) is 6.92 Å². The zero-order valence-electron chi connectivity index (χ0n) is 9.55. The van der Waals surface area contributed by atoms with Crippen molar-refractivity contribution in [2.45, 2.75) is 18.9 Å². The molecule has 1 rings (SSSR count). The second kappa shape index (κ2) is 5.42. The topological polar surface area (TPSA) is 92.1 Å². The Bertz CT molecular complexity index is 401. The summed E-state index contributed by atoms with van der Waals surface area (Å²) in [5.41, 5.74) is 5.50. The van der Waals surface area contributed by atoms with E-state index in [9.17, 15) is 8.42 Å². The zero-order chi connectivity index (χ0) is 12.2. The van der Waals surface area contributed by atoms with Gasteiger partial charge in [-0.1, -0.05) is 13.8 Å². The molecule has 1 aromatic heterocycles. The van der Waals surface area contributed by atoms with Gasteiger partial charge in [-0.2, -0.15) is 9.40 Å². The van der Waals surface area contributed by atoms with E-state index in [0.29, 0.717) is 19.6 Å². The minimum Gasteiger partial charge on any atom is -0.330 e. The molecule has 0 saturated heterocycles. The lowest BCUT2D eigenvalue weighted by molar-refractivity contribution is 0.369. The molecule has 0 aliphatic rings. The highest BCUT2D eigenvalue weighted by molar-refractivity contribution is 7.89. The average molecular weight is 246 g/mol. The predicted molar refractivity (Wildman–Crippen MR) is 61.2 cm³/mol. The molecule has 0 aliphatic heterocycles. The Morgan fingerprint density at radius 2 is 2.31 bits per heavy atom. The van der Waals surface area contributed by atoms with E-state index in [0.717, 1.165) is 0 Å². The van der Waals surface area contributed by atoms with Crippen LogP contribution < -0.4 is 5.73 Å². The summed E-state index contributed by atoms with van der Waals surface area (Å²) in [5, 5.41) is 6.25. The van der Waals surface area contributed by atoms with Gasteiger partial charge in [-0.3, -0.25) is 5.10 Å². The fourth-order valence-corrected chi connectivity index (χ4v) is 2.81. The van der Waals surface area contributed by atoms with E-state index in [2.05, 4.69) is 10.2 Å². The molecule has 92 valence electrons. The third kappa shape index (κ3) is 2.81. The standard InChI is InChI=1S/C9H18N4O2S/c1-3-13(7-8(2)6-10)16(14,15)9-4-5-11-12-9/h4-5,8H,3,6-7,10H2,1-2H3,(H,11,12). The molecule has 0 saturated carbocycles. The van der Waals surface area contributed by atoms with Crippen LogP contribution in [0.3, 0.4) is 0 Å². The van der Waals surface area contributed by atoms with Gasteiger partial charge in [-0.25, -0.2) is 8.42 Å². The maximum atomic E-state index is 12.1. The SMILES string of the molecule is CCN(CC(C)CN)S(=O)(=O)c1ccn[nH]1. The number of H-pyrrole nitrogens is 1. The minimum atomic E-state index is -3.45. The lowest BCUT2D eigenvalue weighted by atomic mass is 10.2. The quantitative estimate of drug-likeness (QED) is 0.740. The van der Waals surface area contributed by atoms with Crippen molar-refractivity contribution in [3.63, 3.8) is 0 Å². The zero-order valence-corrected chi connectivity index (χ0v) is 10.4. The molecule has 1 heterocycles. The second-order valence-corrected chi connectivity index (χ2v) is 5.62. The van der Waals surface area contributed by atoms with Gasteiger partial charge in [0.15, 0.2) is 5.03 Å². The number of nitrogens with one attached hydrogen (secondary N) is 1. The summed E-state index contributed by atoms with van der Waals surface area (Å²) in [6.07, 6.45) is 1.42. The Labute approximate surface area is 95.9 Å². The number of aromatic amines is 1. The highest BCUT2D eigenvalue weighted by Gasteiger charge is 2.25. The van der Waals surface area contributed by atoms with Crippen LogP contribution in [0.1, 0.15) is 13.8 Å². The molecule has 16 heavy (non-hydrogen) atoms. The van der Waals surface area contributed by atoms with Gasteiger partial charge in [0.2, 0.25) is 0 Å². The number of nitrogens with zero attached hydrogens (tertiary/aromatic N) is 2. The van der Waals surface area contributed by atoms with Crippen molar-refractivity contribution in [3.8, 4) is 0 Å². The van der Waals surface area contributed by atoms with Gasteiger partial charge in [0.25, 0.3) is 10.0 Å². The number of aromatic nitrogens is 2. The Morgan fingerprint density at radius 1 is 1.62 bits per heavy atom. The van der Waals surface area contributed by atoms with Crippen molar-refractivity contribution in [1.82, 2.24) is 14.5 Å². The lowest BCUT2D eigenvalue weighted by Crippen LogP contribution is -2.36. The number of sulfonamides is 1. The number of nitrogens with two attached hydrogens (primary N) is 1. The molecule has 0 spiro atoms. The second-order valence-electron chi connectivity index (χ2n) is 3.72. The Hall–Kier alpha value is -0.920. The van der Waals surface area contributed by atoms with Crippen LogP contribution in [0.4, 0.5) is 0 Å². The molecule has 3 N–H and O–H groups in total. The summed E-state index contributed by atoms with van der Waals surface area (Å²) in [4.78, 5) is 0. The summed E-state index contributed by atoms with van der Waals surface area (Å²) in [7, 11) is -3.45. The molecule has 1 aromatic rings. The summed E-state index contributed by atoms with van der Waals surface area (Å²) in [6.45, 7) is 5.04. The van der Waals surface area contributed by atoms with Crippen molar-refractivity contribution >= 4 is 10.0 Å². The Balaban J connectivity index is 2.88. The predicted octanol–water partition coefficient (Wildman–Crippen LogP) is 0.0151. The third-order valence-electron chi connectivity index (χ3n) is 2.36. The van der Waals surface area contributed by atoms with Crippen LogP contribution in [-0.4, -0.2) is 42.6 Å². The number of hydrogen-bond donors (Lipinski definition) is 2. The first-order valence-corrected chi connectivity index (χ1v) is 6.66. The fourth-order valence-electron chi connectivity index (χ4n) is 1.35. The first-order valence-electron chi connectivity index (χ1n) is 5.22. The molecule has 0 fully saturated rings. The van der Waals surface area contributed by atoms with Crippen LogP contribution in [0, 0.1) is 5.92 Å². The highest BCUT2D eigenvalue weighted by atomic mass is 32.2.